The maximum Gasteiger partial charge on any atom is 0.499 e. The van der Waals surface area contributed by atoms with Gasteiger partial charge in [0.05, 0.1) is 0 Å². The molecule has 2 nitrogen and oxygen atoms in total. The van der Waals surface area contributed by atoms with E-state index in [0.29, 0.717) is 10.2 Å². The molecule has 0 aliphatic carbocycles. The van der Waals surface area contributed by atoms with E-state index in [1.807, 2.05) is 0 Å². The molecule has 13 heavy (non-hydrogen) atoms. The van der Waals surface area contributed by atoms with Crippen LogP contribution in [0.2, 0.25) is 0 Å². The lowest BCUT2D eigenvalue weighted by atomic mass is 9.89. The SMILES string of the molecule is OB(O)c1cc2cc(F)ccc2s1. The summed E-state index contributed by atoms with van der Waals surface area (Å²) in [5, 5.41) is 18.4. The van der Waals surface area contributed by atoms with E-state index in [1.54, 1.807) is 12.1 Å². The molecule has 0 fully saturated rings. The largest absolute Gasteiger partial charge is 0.499 e. The summed E-state index contributed by atoms with van der Waals surface area (Å²) in [4.78, 5) is 0. The van der Waals surface area contributed by atoms with Gasteiger partial charge >= 0.3 is 7.12 Å². The lowest BCUT2D eigenvalue weighted by Gasteiger charge is -1.87. The van der Waals surface area contributed by atoms with Crippen LogP contribution in [0.1, 0.15) is 0 Å². The van der Waals surface area contributed by atoms with Crippen molar-refractivity contribution in [2.24, 2.45) is 0 Å². The predicted molar refractivity (Wildman–Crippen MR) is 51.6 cm³/mol. The van der Waals surface area contributed by atoms with E-state index in [4.69, 9.17) is 10.0 Å². The van der Waals surface area contributed by atoms with Crippen molar-refractivity contribution in [2.75, 3.05) is 0 Å². The number of hydrogen-bond donors (Lipinski definition) is 2. The highest BCUT2D eigenvalue weighted by Crippen LogP contribution is 2.19. The van der Waals surface area contributed by atoms with Gasteiger partial charge in [-0.3, -0.25) is 0 Å². The van der Waals surface area contributed by atoms with Crippen LogP contribution in [0.5, 0.6) is 0 Å². The van der Waals surface area contributed by atoms with Gasteiger partial charge in [-0.25, -0.2) is 4.39 Å². The van der Waals surface area contributed by atoms with Crippen LogP contribution in [0.3, 0.4) is 0 Å². The molecular weight excluding hydrogens is 190 g/mol. The Hall–Kier alpha value is -0.905. The van der Waals surface area contributed by atoms with E-state index in [2.05, 4.69) is 0 Å². The minimum atomic E-state index is -1.47. The van der Waals surface area contributed by atoms with E-state index in [-0.39, 0.29) is 5.82 Å². The van der Waals surface area contributed by atoms with Gasteiger partial charge < -0.3 is 10.0 Å². The maximum absolute atomic E-state index is 12.7. The Balaban J connectivity index is 2.62. The minimum absolute atomic E-state index is 0.315. The van der Waals surface area contributed by atoms with Crippen molar-refractivity contribution >= 4 is 33.3 Å². The van der Waals surface area contributed by atoms with Crippen LogP contribution < -0.4 is 4.78 Å². The molecule has 0 spiro atoms. The second kappa shape index (κ2) is 3.10. The van der Waals surface area contributed by atoms with Crippen molar-refractivity contribution in [2.45, 2.75) is 0 Å². The molecule has 0 atom stereocenters. The van der Waals surface area contributed by atoms with Crippen molar-refractivity contribution in [1.82, 2.24) is 0 Å². The van der Waals surface area contributed by atoms with Crippen LogP contribution in [0.25, 0.3) is 10.1 Å². The van der Waals surface area contributed by atoms with Gasteiger partial charge in [0, 0.05) is 9.48 Å². The van der Waals surface area contributed by atoms with E-state index < -0.39 is 7.12 Å². The number of benzene rings is 1. The summed E-state index contributed by atoms with van der Waals surface area (Å²) in [6.45, 7) is 0. The molecular formula is C8H6BFO2S. The Labute approximate surface area is 78.4 Å². The molecule has 2 aromatic rings. The molecule has 2 rings (SSSR count). The first kappa shape index (κ1) is 8.68. The molecule has 0 unspecified atom stereocenters. The molecule has 1 aromatic heterocycles. The predicted octanol–water partition coefficient (Wildman–Crippen LogP) is 0.720. The van der Waals surface area contributed by atoms with Crippen molar-refractivity contribution < 1.29 is 14.4 Å². The molecule has 0 saturated carbocycles. The molecule has 1 heterocycles. The molecule has 0 aliphatic rings. The quantitative estimate of drug-likeness (QED) is 0.659. The van der Waals surface area contributed by atoms with Crippen molar-refractivity contribution in [3.05, 3.63) is 30.1 Å². The second-order valence-corrected chi connectivity index (χ2v) is 3.82. The number of hydrogen-bond acceptors (Lipinski definition) is 3. The zero-order chi connectivity index (χ0) is 9.42. The van der Waals surface area contributed by atoms with Crippen LogP contribution in [-0.4, -0.2) is 17.2 Å². The monoisotopic (exact) mass is 196 g/mol. The lowest BCUT2D eigenvalue weighted by molar-refractivity contribution is 0.427. The van der Waals surface area contributed by atoms with Crippen molar-refractivity contribution in [3.63, 3.8) is 0 Å². The summed E-state index contributed by atoms with van der Waals surface area (Å²) in [6, 6.07) is 5.93. The summed E-state index contributed by atoms with van der Waals surface area (Å²) in [7, 11) is -1.47. The van der Waals surface area contributed by atoms with E-state index in [1.165, 1.54) is 23.5 Å². The summed E-state index contributed by atoms with van der Waals surface area (Å²) in [6.07, 6.45) is 0. The van der Waals surface area contributed by atoms with Crippen LogP contribution in [0.15, 0.2) is 24.3 Å². The van der Waals surface area contributed by atoms with Gasteiger partial charge in [0.2, 0.25) is 0 Å². The standard InChI is InChI=1S/C8H6BFO2S/c10-6-1-2-7-5(3-6)4-8(13-7)9(11)12/h1-4,11-12H. The fraction of sp³-hybridized carbons (Fsp3) is 0. The molecule has 66 valence electrons. The van der Waals surface area contributed by atoms with E-state index in [9.17, 15) is 4.39 Å². The lowest BCUT2D eigenvalue weighted by Crippen LogP contribution is -2.26. The summed E-state index contributed by atoms with van der Waals surface area (Å²) < 4.78 is 14.0. The fourth-order valence-electron chi connectivity index (χ4n) is 1.16. The first-order chi connectivity index (χ1) is 6.16. The molecule has 0 radical (unpaired) electrons. The van der Waals surface area contributed by atoms with Crippen LogP contribution in [0.4, 0.5) is 4.39 Å². The zero-order valence-electron chi connectivity index (χ0n) is 6.57. The van der Waals surface area contributed by atoms with Gasteiger partial charge in [-0.1, -0.05) is 0 Å². The van der Waals surface area contributed by atoms with Crippen LogP contribution in [0, 0.1) is 5.82 Å². The Morgan fingerprint density at radius 3 is 2.69 bits per heavy atom. The Bertz CT molecular complexity index is 441. The molecule has 0 bridgehead atoms. The minimum Gasteiger partial charge on any atom is -0.423 e. The molecule has 5 heteroatoms. The first-order valence-corrected chi connectivity index (χ1v) is 4.53. The molecule has 0 amide bonds. The topological polar surface area (TPSA) is 40.5 Å². The maximum atomic E-state index is 12.7. The van der Waals surface area contributed by atoms with Crippen LogP contribution in [-0.2, 0) is 0 Å². The van der Waals surface area contributed by atoms with Crippen molar-refractivity contribution in [1.29, 1.82) is 0 Å². The molecule has 0 saturated heterocycles. The smallest absolute Gasteiger partial charge is 0.423 e. The van der Waals surface area contributed by atoms with Gasteiger partial charge in [-0.2, -0.15) is 0 Å². The highest BCUT2D eigenvalue weighted by atomic mass is 32.1. The third-order valence-corrected chi connectivity index (χ3v) is 2.91. The van der Waals surface area contributed by atoms with E-state index in [0.717, 1.165) is 4.70 Å². The molecule has 1 aromatic carbocycles. The van der Waals surface area contributed by atoms with Crippen LogP contribution >= 0.6 is 11.3 Å². The normalized spacial score (nSPS) is 10.7. The molecule has 2 N–H and O–H groups in total. The number of halogens is 1. The summed E-state index contributed by atoms with van der Waals surface area (Å²) in [5.41, 5.74) is 0. The third kappa shape index (κ3) is 1.58. The van der Waals surface area contributed by atoms with E-state index >= 15 is 0 Å². The van der Waals surface area contributed by atoms with Gasteiger partial charge in [0.15, 0.2) is 0 Å². The third-order valence-electron chi connectivity index (χ3n) is 1.75. The fourth-order valence-corrected chi connectivity index (χ4v) is 2.08. The Kier molecular flexibility index (Phi) is 2.07. The first-order valence-electron chi connectivity index (χ1n) is 3.72. The Morgan fingerprint density at radius 1 is 1.23 bits per heavy atom. The van der Waals surface area contributed by atoms with Gasteiger partial charge in [-0.05, 0) is 29.7 Å². The average molecular weight is 196 g/mol. The Morgan fingerprint density at radius 2 is 2.00 bits per heavy atom. The highest BCUT2D eigenvalue weighted by molar-refractivity contribution is 7.27. The molecule has 0 aliphatic heterocycles. The number of rotatable bonds is 1. The van der Waals surface area contributed by atoms with Gasteiger partial charge in [-0.15, -0.1) is 11.3 Å². The highest BCUT2D eigenvalue weighted by Gasteiger charge is 2.14. The second-order valence-electron chi connectivity index (χ2n) is 2.70. The number of thiophene rings is 1. The van der Waals surface area contributed by atoms with Crippen molar-refractivity contribution in [3.8, 4) is 0 Å². The van der Waals surface area contributed by atoms with Gasteiger partial charge in [0.1, 0.15) is 5.82 Å². The zero-order valence-corrected chi connectivity index (χ0v) is 7.38. The van der Waals surface area contributed by atoms with Gasteiger partial charge in [0.25, 0.3) is 0 Å². The summed E-state index contributed by atoms with van der Waals surface area (Å²) in [5.74, 6) is -0.315. The number of fused-ring (bicyclic) bond motifs is 1. The average Bonchev–Trinajstić information content (AvgIpc) is 2.46. The summed E-state index contributed by atoms with van der Waals surface area (Å²) >= 11 is 1.25.